The van der Waals surface area contributed by atoms with Crippen LogP contribution in [0.2, 0.25) is 0 Å². The molecule has 0 bridgehead atoms. The summed E-state index contributed by atoms with van der Waals surface area (Å²) in [5.74, 6) is 1.54. The summed E-state index contributed by atoms with van der Waals surface area (Å²) >= 11 is 0. The minimum absolute atomic E-state index is 0.0644. The Morgan fingerprint density at radius 3 is 2.57 bits per heavy atom. The first-order valence-electron chi connectivity index (χ1n) is 10.8. The fraction of sp³-hybridized carbons (Fsp3) is 0.810. The molecule has 3 aliphatic heterocycles. The van der Waals surface area contributed by atoms with Gasteiger partial charge in [0.1, 0.15) is 19.0 Å². The van der Waals surface area contributed by atoms with Crippen LogP contribution in [-0.4, -0.2) is 73.6 Å². The maximum absolute atomic E-state index is 12.6. The summed E-state index contributed by atoms with van der Waals surface area (Å²) in [6.07, 6.45) is 5.79. The van der Waals surface area contributed by atoms with Crippen molar-refractivity contribution < 1.29 is 19.1 Å². The quantitative estimate of drug-likeness (QED) is 0.715. The Hall–Kier alpha value is -1.76. The minimum atomic E-state index is -0.0644. The van der Waals surface area contributed by atoms with Gasteiger partial charge >= 0.3 is 0 Å². The normalized spacial score (nSPS) is 24.1. The Morgan fingerprint density at radius 2 is 1.86 bits per heavy atom. The van der Waals surface area contributed by atoms with Crippen LogP contribution in [0.4, 0.5) is 0 Å². The van der Waals surface area contributed by atoms with Crippen LogP contribution in [0, 0.1) is 5.92 Å². The largest absolute Gasteiger partial charge is 0.491 e. The summed E-state index contributed by atoms with van der Waals surface area (Å²) in [5.41, 5.74) is 0. The molecule has 1 atom stereocenters. The van der Waals surface area contributed by atoms with E-state index in [-0.39, 0.29) is 11.8 Å². The molecule has 28 heavy (non-hydrogen) atoms. The number of piperidine rings is 1. The molecule has 1 N–H and O–H groups in total. The highest BCUT2D eigenvalue weighted by Crippen LogP contribution is 2.24. The summed E-state index contributed by atoms with van der Waals surface area (Å²) in [4.78, 5) is 29.1. The lowest BCUT2D eigenvalue weighted by molar-refractivity contribution is -0.134. The van der Waals surface area contributed by atoms with Gasteiger partial charge < -0.3 is 19.7 Å². The van der Waals surface area contributed by atoms with Gasteiger partial charge in [0.05, 0.1) is 0 Å². The second-order valence-electron chi connectivity index (χ2n) is 8.09. The van der Waals surface area contributed by atoms with Crippen molar-refractivity contribution in [2.45, 2.75) is 58.4 Å². The molecule has 3 rings (SSSR count). The van der Waals surface area contributed by atoms with Crippen molar-refractivity contribution in [3.05, 3.63) is 11.5 Å². The van der Waals surface area contributed by atoms with Crippen molar-refractivity contribution in [2.75, 3.05) is 45.9 Å². The molecule has 2 fully saturated rings. The first-order chi connectivity index (χ1) is 13.6. The molecule has 0 aromatic carbocycles. The van der Waals surface area contributed by atoms with Gasteiger partial charge in [0, 0.05) is 32.1 Å². The Bertz CT molecular complexity index is 584. The number of likely N-dealkylation sites (N-methyl/N-ethyl adjacent to an activating group) is 1. The predicted octanol–water partition coefficient (Wildman–Crippen LogP) is 1.88. The van der Waals surface area contributed by atoms with Crippen LogP contribution >= 0.6 is 0 Å². The molecule has 7 heteroatoms. The Labute approximate surface area is 168 Å². The molecule has 3 heterocycles. The number of nitrogens with one attached hydrogen (secondary N) is 1. The summed E-state index contributed by atoms with van der Waals surface area (Å²) in [5, 5.41) is 3.12. The lowest BCUT2D eigenvalue weighted by Crippen LogP contribution is -2.41. The standard InChI is InChI=1S/C21H35N3O4/c1-3-23-10-4-5-18(23)15-22-19(25)7-6-17-8-11-24(12-9-17)21(26)20-16(2)27-13-14-28-20/h17-18H,3-15H2,1-2H3,(H,22,25)/t18-/m0/s1. The van der Waals surface area contributed by atoms with Crippen molar-refractivity contribution in [1.29, 1.82) is 0 Å². The van der Waals surface area contributed by atoms with Crippen LogP contribution in [0.25, 0.3) is 0 Å². The Morgan fingerprint density at radius 1 is 1.11 bits per heavy atom. The van der Waals surface area contributed by atoms with E-state index in [9.17, 15) is 9.59 Å². The fourth-order valence-electron chi connectivity index (χ4n) is 4.48. The minimum Gasteiger partial charge on any atom is -0.491 e. The second kappa shape index (κ2) is 10.1. The number of rotatable bonds is 7. The van der Waals surface area contributed by atoms with Gasteiger partial charge in [0.25, 0.3) is 5.91 Å². The zero-order chi connectivity index (χ0) is 19.9. The van der Waals surface area contributed by atoms with E-state index in [0.29, 0.717) is 43.1 Å². The van der Waals surface area contributed by atoms with E-state index in [2.05, 4.69) is 17.1 Å². The summed E-state index contributed by atoms with van der Waals surface area (Å²) in [6, 6.07) is 0.506. The van der Waals surface area contributed by atoms with Gasteiger partial charge in [-0.05, 0) is 58.0 Å². The third-order valence-electron chi connectivity index (χ3n) is 6.28. The molecule has 0 aliphatic carbocycles. The van der Waals surface area contributed by atoms with Crippen molar-refractivity contribution in [3.8, 4) is 0 Å². The smallest absolute Gasteiger partial charge is 0.292 e. The third kappa shape index (κ3) is 5.40. The van der Waals surface area contributed by atoms with Crippen LogP contribution < -0.4 is 5.32 Å². The zero-order valence-electron chi connectivity index (χ0n) is 17.4. The summed E-state index contributed by atoms with van der Waals surface area (Å²) in [7, 11) is 0. The van der Waals surface area contributed by atoms with Crippen molar-refractivity contribution in [2.24, 2.45) is 5.92 Å². The van der Waals surface area contributed by atoms with E-state index in [1.54, 1.807) is 6.92 Å². The molecule has 3 aliphatic rings. The SMILES string of the molecule is CCN1CCC[C@H]1CNC(=O)CCC1CCN(C(=O)C2=C(C)OCCO2)CC1. The molecule has 0 radical (unpaired) electrons. The average molecular weight is 394 g/mol. The number of likely N-dealkylation sites (tertiary alicyclic amines) is 2. The van der Waals surface area contributed by atoms with E-state index in [4.69, 9.17) is 9.47 Å². The summed E-state index contributed by atoms with van der Waals surface area (Å²) in [6.45, 7) is 9.33. The predicted molar refractivity (Wildman–Crippen MR) is 106 cm³/mol. The Balaban J connectivity index is 1.34. The van der Waals surface area contributed by atoms with E-state index >= 15 is 0 Å². The topological polar surface area (TPSA) is 71.1 Å². The number of allylic oxidation sites excluding steroid dienone is 1. The third-order valence-corrected chi connectivity index (χ3v) is 6.28. The fourth-order valence-corrected chi connectivity index (χ4v) is 4.48. The van der Waals surface area contributed by atoms with Crippen LogP contribution in [0.3, 0.4) is 0 Å². The van der Waals surface area contributed by atoms with Crippen molar-refractivity contribution >= 4 is 11.8 Å². The lowest BCUT2D eigenvalue weighted by Gasteiger charge is -2.33. The van der Waals surface area contributed by atoms with Gasteiger partial charge in [0.2, 0.25) is 11.7 Å². The number of amides is 2. The van der Waals surface area contributed by atoms with Gasteiger partial charge in [-0.3, -0.25) is 14.5 Å². The van der Waals surface area contributed by atoms with Gasteiger partial charge in [-0.2, -0.15) is 0 Å². The molecule has 0 aromatic heterocycles. The maximum Gasteiger partial charge on any atom is 0.292 e. The van der Waals surface area contributed by atoms with Gasteiger partial charge in [-0.25, -0.2) is 0 Å². The van der Waals surface area contributed by atoms with E-state index < -0.39 is 0 Å². The molecule has 0 spiro atoms. The van der Waals surface area contributed by atoms with Crippen LogP contribution in [0.5, 0.6) is 0 Å². The zero-order valence-corrected chi connectivity index (χ0v) is 17.4. The maximum atomic E-state index is 12.6. The highest BCUT2D eigenvalue weighted by Gasteiger charge is 2.29. The molecule has 158 valence electrons. The first-order valence-corrected chi connectivity index (χ1v) is 10.8. The van der Waals surface area contributed by atoms with E-state index in [0.717, 1.165) is 52.0 Å². The Kier molecular flexibility index (Phi) is 7.59. The number of hydrogen-bond donors (Lipinski definition) is 1. The highest BCUT2D eigenvalue weighted by atomic mass is 16.6. The molecule has 0 aromatic rings. The van der Waals surface area contributed by atoms with Gasteiger partial charge in [0.15, 0.2) is 0 Å². The van der Waals surface area contributed by atoms with Gasteiger partial charge in [-0.15, -0.1) is 0 Å². The monoisotopic (exact) mass is 393 g/mol. The molecule has 0 saturated carbocycles. The highest BCUT2D eigenvalue weighted by molar-refractivity contribution is 5.92. The number of nitrogens with zero attached hydrogens (tertiary/aromatic N) is 2. The number of carbonyl (C=O) groups is 2. The molecule has 2 amide bonds. The molecule has 7 nitrogen and oxygen atoms in total. The van der Waals surface area contributed by atoms with Gasteiger partial charge in [-0.1, -0.05) is 6.92 Å². The first kappa shape index (κ1) is 21.0. The lowest BCUT2D eigenvalue weighted by atomic mass is 9.92. The summed E-state index contributed by atoms with van der Waals surface area (Å²) < 4.78 is 10.9. The number of carbonyl (C=O) groups excluding carboxylic acids is 2. The molecular weight excluding hydrogens is 358 g/mol. The average Bonchev–Trinajstić information content (AvgIpc) is 3.18. The molecular formula is C21H35N3O4. The van der Waals surface area contributed by atoms with E-state index in [1.165, 1.54) is 12.8 Å². The van der Waals surface area contributed by atoms with Crippen LogP contribution in [0.15, 0.2) is 11.5 Å². The van der Waals surface area contributed by atoms with Crippen molar-refractivity contribution in [3.63, 3.8) is 0 Å². The van der Waals surface area contributed by atoms with E-state index in [1.807, 2.05) is 4.90 Å². The van der Waals surface area contributed by atoms with Crippen LogP contribution in [-0.2, 0) is 19.1 Å². The molecule has 0 unspecified atom stereocenters. The number of hydrogen-bond acceptors (Lipinski definition) is 5. The second-order valence-corrected chi connectivity index (χ2v) is 8.09. The van der Waals surface area contributed by atoms with Crippen molar-refractivity contribution in [1.82, 2.24) is 15.1 Å². The molecule has 2 saturated heterocycles. The number of ether oxygens (including phenoxy) is 2. The van der Waals surface area contributed by atoms with Crippen LogP contribution in [0.1, 0.15) is 52.4 Å².